The van der Waals surface area contributed by atoms with E-state index < -0.39 is 41.8 Å². The molecule has 0 saturated carbocycles. The molecule has 0 aliphatic rings. The molecule has 1 aromatic carbocycles. The van der Waals surface area contributed by atoms with Gasteiger partial charge in [-0.1, -0.05) is 21.1 Å². The molecule has 4 N–H and O–H groups in total. The van der Waals surface area contributed by atoms with Crippen LogP contribution in [0.25, 0.3) is 0 Å². The van der Waals surface area contributed by atoms with Gasteiger partial charge in [-0.25, -0.2) is 8.78 Å². The van der Waals surface area contributed by atoms with Crippen molar-refractivity contribution < 1.29 is 27.2 Å². The van der Waals surface area contributed by atoms with E-state index in [9.17, 15) is 22.0 Å². The van der Waals surface area contributed by atoms with Gasteiger partial charge in [0.25, 0.3) is 0 Å². The van der Waals surface area contributed by atoms with Crippen LogP contribution in [-0.4, -0.2) is 23.8 Å². The number of rotatable bonds is 4. The molecule has 0 saturated heterocycles. The van der Waals surface area contributed by atoms with Gasteiger partial charge in [-0.2, -0.15) is 13.2 Å². The van der Waals surface area contributed by atoms with E-state index in [0.717, 1.165) is 12.1 Å². The Morgan fingerprint density at radius 1 is 1.35 bits per heavy atom. The van der Waals surface area contributed by atoms with E-state index in [1.54, 1.807) is 0 Å². The second kappa shape index (κ2) is 6.25. The Kier molecular flexibility index (Phi) is 5.15. The lowest BCUT2D eigenvalue weighted by Gasteiger charge is -2.20. The maximum Gasteiger partial charge on any atom is 0.400 e. The minimum atomic E-state index is -4.83. The molecule has 0 bridgehead atoms. The Hall–Kier alpha value is -1.58. The molecule has 1 unspecified atom stereocenters. The predicted molar refractivity (Wildman–Crippen MR) is 65.5 cm³/mol. The number of nitrogens with zero attached hydrogens (tertiary/aromatic N) is 1. The van der Waals surface area contributed by atoms with Crippen molar-refractivity contribution in [2.45, 2.75) is 6.18 Å². The van der Waals surface area contributed by atoms with Gasteiger partial charge >= 0.3 is 6.18 Å². The maximum absolute atomic E-state index is 13.4. The minimum absolute atomic E-state index is 0.0989. The van der Waals surface area contributed by atoms with Crippen LogP contribution in [0.2, 0.25) is 0 Å². The summed E-state index contributed by atoms with van der Waals surface area (Å²) in [5.41, 5.74) is 4.18. The molecule has 0 aliphatic heterocycles. The monoisotopic (exact) mass is 361 g/mol. The quantitative estimate of drug-likeness (QED) is 0.254. The second-order valence-corrected chi connectivity index (χ2v) is 4.66. The lowest BCUT2D eigenvalue weighted by molar-refractivity contribution is -0.152. The number of nitrogens with two attached hydrogens (primary N) is 1. The van der Waals surface area contributed by atoms with Crippen molar-refractivity contribution in [2.24, 2.45) is 16.8 Å². The zero-order valence-electron chi connectivity index (χ0n) is 9.68. The average molecular weight is 362 g/mol. The highest BCUT2D eigenvalue weighted by Gasteiger charge is 2.42. The normalized spacial score (nSPS) is 14.2. The van der Waals surface area contributed by atoms with Crippen LogP contribution >= 0.6 is 15.9 Å². The van der Waals surface area contributed by atoms with E-state index in [1.807, 2.05) is 5.32 Å². The Bertz CT molecular complexity index is 497. The van der Waals surface area contributed by atoms with E-state index >= 15 is 0 Å². The van der Waals surface area contributed by atoms with Crippen molar-refractivity contribution in [3.8, 4) is 0 Å². The summed E-state index contributed by atoms with van der Waals surface area (Å²) in [6.07, 6.45) is -4.83. The summed E-state index contributed by atoms with van der Waals surface area (Å²) in [6, 6.07) is 1.77. The van der Waals surface area contributed by atoms with Crippen LogP contribution in [0.15, 0.2) is 21.8 Å². The fourth-order valence-corrected chi connectivity index (χ4v) is 1.77. The lowest BCUT2D eigenvalue weighted by Crippen LogP contribution is -2.40. The zero-order valence-corrected chi connectivity index (χ0v) is 11.3. The molecule has 1 aromatic rings. The van der Waals surface area contributed by atoms with Crippen molar-refractivity contribution in [3.63, 3.8) is 0 Å². The molecule has 1 atom stereocenters. The topological polar surface area (TPSA) is 70.6 Å². The standard InChI is InChI=1S/C10H9BrF5N3O/c11-4-1-6(12)8(7(13)2-4)18-3-5(9(17)19-20)10(14,15)16/h1-2,5,18,20H,3H2,(H2,17,19). The van der Waals surface area contributed by atoms with E-state index in [-0.39, 0.29) is 4.47 Å². The van der Waals surface area contributed by atoms with Crippen LogP contribution in [0.3, 0.4) is 0 Å². The summed E-state index contributed by atoms with van der Waals surface area (Å²) in [5, 5.41) is 12.5. The Morgan fingerprint density at radius 3 is 2.25 bits per heavy atom. The Labute approximate surface area is 118 Å². The summed E-state index contributed by atoms with van der Waals surface area (Å²) >= 11 is 2.83. The number of nitrogens with one attached hydrogen (secondary N) is 1. The number of halogens is 6. The van der Waals surface area contributed by atoms with Crippen molar-refractivity contribution in [2.75, 3.05) is 11.9 Å². The summed E-state index contributed by atoms with van der Waals surface area (Å²) in [6.45, 7) is -0.977. The van der Waals surface area contributed by atoms with Crippen LogP contribution in [0, 0.1) is 17.6 Å². The maximum atomic E-state index is 13.4. The first-order chi connectivity index (χ1) is 9.16. The molecule has 4 nitrogen and oxygen atoms in total. The number of anilines is 1. The molecule has 0 aromatic heterocycles. The van der Waals surface area contributed by atoms with E-state index in [4.69, 9.17) is 10.9 Å². The van der Waals surface area contributed by atoms with Crippen LogP contribution in [-0.2, 0) is 0 Å². The fraction of sp³-hybridized carbons (Fsp3) is 0.300. The number of oxime groups is 1. The first-order valence-electron chi connectivity index (χ1n) is 5.09. The van der Waals surface area contributed by atoms with Gasteiger partial charge in [-0.15, -0.1) is 0 Å². The molecule has 1 rings (SSSR count). The molecule has 20 heavy (non-hydrogen) atoms. The number of alkyl halides is 3. The average Bonchev–Trinajstić information content (AvgIpc) is 2.30. The number of amidine groups is 1. The molecule has 0 radical (unpaired) electrons. The van der Waals surface area contributed by atoms with E-state index in [0.29, 0.717) is 0 Å². The van der Waals surface area contributed by atoms with Crippen molar-refractivity contribution in [3.05, 3.63) is 28.2 Å². The van der Waals surface area contributed by atoms with Gasteiger partial charge in [0, 0.05) is 11.0 Å². The van der Waals surface area contributed by atoms with Gasteiger partial charge in [-0.3, -0.25) is 0 Å². The van der Waals surface area contributed by atoms with Crippen molar-refractivity contribution in [1.29, 1.82) is 0 Å². The van der Waals surface area contributed by atoms with Crippen LogP contribution in [0.4, 0.5) is 27.6 Å². The van der Waals surface area contributed by atoms with Gasteiger partial charge < -0.3 is 16.3 Å². The largest absolute Gasteiger partial charge is 0.409 e. The minimum Gasteiger partial charge on any atom is -0.409 e. The molecule has 0 spiro atoms. The third kappa shape index (κ3) is 3.95. The zero-order chi connectivity index (χ0) is 15.5. The molecule has 0 fully saturated rings. The third-order valence-corrected chi connectivity index (χ3v) is 2.82. The van der Waals surface area contributed by atoms with Crippen molar-refractivity contribution in [1.82, 2.24) is 0 Å². The highest BCUT2D eigenvalue weighted by Crippen LogP contribution is 2.29. The first kappa shape index (κ1) is 16.5. The number of hydrogen-bond acceptors (Lipinski definition) is 3. The summed E-state index contributed by atoms with van der Waals surface area (Å²) in [7, 11) is 0. The summed E-state index contributed by atoms with van der Waals surface area (Å²) < 4.78 is 64.8. The van der Waals surface area contributed by atoms with Crippen LogP contribution in [0.5, 0.6) is 0 Å². The Balaban J connectivity index is 2.95. The fourth-order valence-electron chi connectivity index (χ4n) is 1.37. The van der Waals surface area contributed by atoms with Crippen LogP contribution in [0.1, 0.15) is 0 Å². The van der Waals surface area contributed by atoms with Crippen LogP contribution < -0.4 is 11.1 Å². The van der Waals surface area contributed by atoms with E-state index in [1.165, 1.54) is 0 Å². The smallest absolute Gasteiger partial charge is 0.400 e. The molecule has 112 valence electrons. The molecule has 0 heterocycles. The van der Waals surface area contributed by atoms with Gasteiger partial charge in [0.2, 0.25) is 0 Å². The molecular weight excluding hydrogens is 353 g/mol. The Morgan fingerprint density at radius 2 is 1.85 bits per heavy atom. The highest BCUT2D eigenvalue weighted by atomic mass is 79.9. The van der Waals surface area contributed by atoms with E-state index in [2.05, 4.69) is 21.1 Å². The first-order valence-corrected chi connectivity index (χ1v) is 5.88. The molecule has 0 aliphatic carbocycles. The summed E-state index contributed by atoms with van der Waals surface area (Å²) in [5.74, 6) is -5.63. The van der Waals surface area contributed by atoms with Crippen molar-refractivity contribution >= 4 is 27.5 Å². The predicted octanol–water partition coefficient (Wildman–Crippen LogP) is 3.06. The van der Waals surface area contributed by atoms with Gasteiger partial charge in [0.15, 0.2) is 5.84 Å². The molecule has 0 amide bonds. The number of benzene rings is 1. The number of hydrogen-bond donors (Lipinski definition) is 3. The molecule has 10 heteroatoms. The second-order valence-electron chi connectivity index (χ2n) is 3.74. The summed E-state index contributed by atoms with van der Waals surface area (Å²) in [4.78, 5) is 0. The third-order valence-electron chi connectivity index (χ3n) is 2.36. The lowest BCUT2D eigenvalue weighted by atomic mass is 10.1. The molecular formula is C10H9BrF5N3O. The van der Waals surface area contributed by atoms with Gasteiger partial charge in [0.1, 0.15) is 23.2 Å². The highest BCUT2D eigenvalue weighted by molar-refractivity contribution is 9.10. The van der Waals surface area contributed by atoms with Gasteiger partial charge in [-0.05, 0) is 12.1 Å². The van der Waals surface area contributed by atoms with Gasteiger partial charge in [0.05, 0.1) is 0 Å². The SMILES string of the molecule is NC(=NO)C(CNc1c(F)cc(Br)cc1F)C(F)(F)F.